The number of hydrogen-bond donors (Lipinski definition) is 1. The standard InChI is InChI=1S/C27H27Cl2N3S/c1-26(2,3)17-27(4,5)31-25-23(30-24-21(29)15-19(28)16-32(24)25)22-14-13-20(33-22)12-11-18-9-7-6-8-10-18/h6-10,13-16,31H,17H2,1-5H3. The Kier molecular flexibility index (Phi) is 6.51. The SMILES string of the molecule is CC(C)(C)CC(C)(C)Nc1c(-c2ccc(C#Cc3ccccc3)s2)nc2c(Cl)cc(Cl)cn12. The molecule has 3 aromatic heterocycles. The molecular weight excluding hydrogens is 469 g/mol. The molecule has 3 nitrogen and oxygen atoms in total. The van der Waals surface area contributed by atoms with Gasteiger partial charge in [-0.05, 0) is 56.0 Å². The minimum Gasteiger partial charge on any atom is -0.364 e. The van der Waals surface area contributed by atoms with Gasteiger partial charge in [0.1, 0.15) is 11.5 Å². The van der Waals surface area contributed by atoms with Crippen LogP contribution in [0.4, 0.5) is 5.82 Å². The Hall–Kier alpha value is -2.45. The summed E-state index contributed by atoms with van der Waals surface area (Å²) in [5.41, 5.74) is 2.50. The monoisotopic (exact) mass is 495 g/mol. The number of nitrogens with one attached hydrogen (secondary N) is 1. The van der Waals surface area contributed by atoms with E-state index in [9.17, 15) is 0 Å². The summed E-state index contributed by atoms with van der Waals surface area (Å²) in [6, 6.07) is 15.8. The van der Waals surface area contributed by atoms with E-state index in [4.69, 9.17) is 28.2 Å². The average Bonchev–Trinajstić information content (AvgIpc) is 3.30. The first-order valence-electron chi connectivity index (χ1n) is 10.8. The van der Waals surface area contributed by atoms with E-state index in [0.717, 1.165) is 33.3 Å². The molecule has 0 fully saturated rings. The number of fused-ring (bicyclic) bond motifs is 1. The van der Waals surface area contributed by atoms with E-state index in [0.29, 0.717) is 15.7 Å². The van der Waals surface area contributed by atoms with E-state index >= 15 is 0 Å². The summed E-state index contributed by atoms with van der Waals surface area (Å²) in [5, 5.41) is 4.82. The quantitative estimate of drug-likeness (QED) is 0.288. The molecule has 0 bridgehead atoms. The van der Waals surface area contributed by atoms with Crippen LogP contribution in [0.25, 0.3) is 16.2 Å². The Labute approximate surface area is 209 Å². The van der Waals surface area contributed by atoms with Crippen molar-refractivity contribution in [2.45, 2.75) is 46.6 Å². The van der Waals surface area contributed by atoms with Crippen LogP contribution in [-0.2, 0) is 0 Å². The highest BCUT2D eigenvalue weighted by Crippen LogP contribution is 2.39. The van der Waals surface area contributed by atoms with Gasteiger partial charge in [-0.1, -0.05) is 74.0 Å². The molecule has 6 heteroatoms. The van der Waals surface area contributed by atoms with Gasteiger partial charge in [-0.2, -0.15) is 0 Å². The molecule has 0 amide bonds. The Bertz CT molecular complexity index is 1350. The summed E-state index contributed by atoms with van der Waals surface area (Å²) in [7, 11) is 0. The lowest BCUT2D eigenvalue weighted by Gasteiger charge is -2.34. The van der Waals surface area contributed by atoms with Gasteiger partial charge in [-0.3, -0.25) is 4.40 Å². The number of hydrogen-bond acceptors (Lipinski definition) is 3. The Balaban J connectivity index is 1.78. The fourth-order valence-electron chi connectivity index (χ4n) is 4.24. The van der Waals surface area contributed by atoms with Crippen LogP contribution in [-0.4, -0.2) is 14.9 Å². The molecule has 0 aliphatic rings. The maximum absolute atomic E-state index is 6.52. The van der Waals surface area contributed by atoms with Crippen molar-refractivity contribution in [3.05, 3.63) is 75.2 Å². The van der Waals surface area contributed by atoms with Gasteiger partial charge in [0.2, 0.25) is 0 Å². The molecule has 4 rings (SSSR count). The molecule has 3 heterocycles. The molecule has 1 N–H and O–H groups in total. The number of thiophene rings is 1. The van der Waals surface area contributed by atoms with Crippen LogP contribution >= 0.6 is 34.5 Å². The maximum Gasteiger partial charge on any atom is 0.158 e. The van der Waals surface area contributed by atoms with Crippen LogP contribution in [0, 0.1) is 17.3 Å². The van der Waals surface area contributed by atoms with Crippen LogP contribution in [0.2, 0.25) is 10.0 Å². The summed E-state index contributed by atoms with van der Waals surface area (Å²) in [6.45, 7) is 11.2. The molecule has 170 valence electrons. The second kappa shape index (κ2) is 9.06. The number of nitrogens with zero attached hydrogens (tertiary/aromatic N) is 2. The number of imidazole rings is 1. The lowest BCUT2D eigenvalue weighted by atomic mass is 9.82. The Morgan fingerprint density at radius 3 is 2.42 bits per heavy atom. The van der Waals surface area contributed by atoms with Crippen molar-refractivity contribution < 1.29 is 0 Å². The van der Waals surface area contributed by atoms with E-state index in [2.05, 4.69) is 57.8 Å². The van der Waals surface area contributed by atoms with E-state index < -0.39 is 0 Å². The Morgan fingerprint density at radius 2 is 1.73 bits per heavy atom. The second-order valence-electron chi connectivity index (χ2n) is 10.0. The lowest BCUT2D eigenvalue weighted by molar-refractivity contribution is 0.302. The highest BCUT2D eigenvalue weighted by atomic mass is 35.5. The minimum absolute atomic E-state index is 0.162. The molecule has 1 aromatic carbocycles. The zero-order valence-corrected chi connectivity index (χ0v) is 21.8. The van der Waals surface area contributed by atoms with Crippen LogP contribution in [0.3, 0.4) is 0 Å². The molecule has 33 heavy (non-hydrogen) atoms. The predicted molar refractivity (Wildman–Crippen MR) is 143 cm³/mol. The molecule has 0 unspecified atom stereocenters. The molecule has 0 aliphatic heterocycles. The fourth-order valence-corrected chi connectivity index (χ4v) is 5.61. The van der Waals surface area contributed by atoms with E-state index in [1.807, 2.05) is 47.0 Å². The molecule has 0 atom stereocenters. The fraction of sp³-hybridized carbons (Fsp3) is 0.296. The predicted octanol–water partition coefficient (Wildman–Crippen LogP) is 8.40. The number of halogens is 2. The third-order valence-corrected chi connectivity index (χ3v) is 6.51. The molecule has 0 saturated carbocycles. The van der Waals surface area contributed by atoms with Crippen molar-refractivity contribution in [1.29, 1.82) is 0 Å². The van der Waals surface area contributed by atoms with Crippen molar-refractivity contribution in [2.24, 2.45) is 5.41 Å². The number of rotatable bonds is 4. The molecule has 0 saturated heterocycles. The van der Waals surface area contributed by atoms with E-state index in [-0.39, 0.29) is 11.0 Å². The van der Waals surface area contributed by atoms with Crippen LogP contribution in [0.1, 0.15) is 51.5 Å². The zero-order chi connectivity index (χ0) is 23.8. The normalized spacial score (nSPS) is 12.0. The summed E-state index contributed by atoms with van der Waals surface area (Å²) >= 11 is 14.5. The topological polar surface area (TPSA) is 29.3 Å². The summed E-state index contributed by atoms with van der Waals surface area (Å²) in [5.74, 6) is 7.38. The van der Waals surface area contributed by atoms with Gasteiger partial charge in [0.15, 0.2) is 5.65 Å². The second-order valence-corrected chi connectivity index (χ2v) is 12.0. The summed E-state index contributed by atoms with van der Waals surface area (Å²) < 4.78 is 1.96. The zero-order valence-electron chi connectivity index (χ0n) is 19.5. The van der Waals surface area contributed by atoms with Crippen molar-refractivity contribution in [2.75, 3.05) is 5.32 Å². The first kappa shape index (κ1) is 23.7. The largest absolute Gasteiger partial charge is 0.364 e. The highest BCUT2D eigenvalue weighted by Gasteiger charge is 2.28. The minimum atomic E-state index is -0.176. The average molecular weight is 497 g/mol. The third-order valence-electron chi connectivity index (χ3n) is 5.01. The maximum atomic E-state index is 6.52. The van der Waals surface area contributed by atoms with Crippen LogP contribution in [0.15, 0.2) is 54.7 Å². The summed E-state index contributed by atoms with van der Waals surface area (Å²) in [6.07, 6.45) is 2.83. The summed E-state index contributed by atoms with van der Waals surface area (Å²) in [4.78, 5) is 6.91. The van der Waals surface area contributed by atoms with Crippen molar-refractivity contribution in [3.8, 4) is 22.4 Å². The molecule has 0 spiro atoms. The Morgan fingerprint density at radius 1 is 1.00 bits per heavy atom. The third kappa shape index (κ3) is 5.73. The van der Waals surface area contributed by atoms with Crippen LogP contribution < -0.4 is 5.32 Å². The number of benzene rings is 1. The number of aromatic nitrogens is 2. The van der Waals surface area contributed by atoms with Crippen molar-refractivity contribution in [1.82, 2.24) is 9.38 Å². The highest BCUT2D eigenvalue weighted by molar-refractivity contribution is 7.16. The van der Waals surface area contributed by atoms with Gasteiger partial charge in [0, 0.05) is 17.3 Å². The molecular formula is C27H27Cl2N3S. The molecule has 0 radical (unpaired) electrons. The van der Waals surface area contributed by atoms with Crippen molar-refractivity contribution in [3.63, 3.8) is 0 Å². The van der Waals surface area contributed by atoms with E-state index in [1.165, 1.54) is 0 Å². The molecule has 4 aromatic rings. The smallest absolute Gasteiger partial charge is 0.158 e. The van der Waals surface area contributed by atoms with Gasteiger partial charge in [-0.15, -0.1) is 11.3 Å². The first-order valence-corrected chi connectivity index (χ1v) is 12.4. The van der Waals surface area contributed by atoms with Crippen LogP contribution in [0.5, 0.6) is 0 Å². The number of anilines is 1. The van der Waals surface area contributed by atoms with E-state index in [1.54, 1.807) is 17.4 Å². The van der Waals surface area contributed by atoms with Gasteiger partial charge in [0.05, 0.1) is 19.8 Å². The molecule has 0 aliphatic carbocycles. The number of pyridine rings is 1. The van der Waals surface area contributed by atoms with Gasteiger partial charge in [-0.25, -0.2) is 4.98 Å². The first-order chi connectivity index (χ1) is 15.5. The lowest BCUT2D eigenvalue weighted by Crippen LogP contribution is -2.36. The van der Waals surface area contributed by atoms with Gasteiger partial charge < -0.3 is 5.32 Å². The van der Waals surface area contributed by atoms with Gasteiger partial charge >= 0.3 is 0 Å². The van der Waals surface area contributed by atoms with Gasteiger partial charge in [0.25, 0.3) is 0 Å². The van der Waals surface area contributed by atoms with Crippen molar-refractivity contribution >= 4 is 46.0 Å².